The average Bonchev–Trinajstić information content (AvgIpc) is 2.84. The van der Waals surface area contributed by atoms with Gasteiger partial charge in [-0.1, -0.05) is 6.92 Å². The van der Waals surface area contributed by atoms with E-state index < -0.39 is 0 Å². The summed E-state index contributed by atoms with van der Waals surface area (Å²) < 4.78 is 0. The fourth-order valence-electron chi connectivity index (χ4n) is 1.74. The van der Waals surface area contributed by atoms with Gasteiger partial charge in [0.25, 0.3) is 5.91 Å². The molecule has 5 nitrogen and oxygen atoms in total. The summed E-state index contributed by atoms with van der Waals surface area (Å²) in [4.78, 5) is 13.5. The van der Waals surface area contributed by atoms with Gasteiger partial charge in [0, 0.05) is 18.8 Å². The Morgan fingerprint density at radius 2 is 2.60 bits per heavy atom. The zero-order chi connectivity index (χ0) is 10.8. The molecule has 0 unspecified atom stereocenters. The lowest BCUT2D eigenvalue weighted by molar-refractivity contribution is 0.0759. The summed E-state index contributed by atoms with van der Waals surface area (Å²) in [6.07, 6.45) is 1.12. The highest BCUT2D eigenvalue weighted by atomic mass is 16.3. The quantitative estimate of drug-likeness (QED) is 0.730. The second-order valence-corrected chi connectivity index (χ2v) is 3.83. The third kappa shape index (κ3) is 2.02. The SMILES string of the molecule is CCc1cc(C(=O)N2CC[C@@H](O)C2)n[nH]1. The van der Waals surface area contributed by atoms with Crippen LogP contribution in [0.5, 0.6) is 0 Å². The number of likely N-dealkylation sites (tertiary alicyclic amines) is 1. The van der Waals surface area contributed by atoms with E-state index >= 15 is 0 Å². The van der Waals surface area contributed by atoms with E-state index in [0.717, 1.165) is 12.1 Å². The largest absolute Gasteiger partial charge is 0.391 e. The first-order valence-corrected chi connectivity index (χ1v) is 5.22. The molecule has 1 aliphatic rings. The van der Waals surface area contributed by atoms with Gasteiger partial charge in [0.15, 0.2) is 0 Å². The van der Waals surface area contributed by atoms with E-state index in [1.54, 1.807) is 11.0 Å². The van der Waals surface area contributed by atoms with Crippen molar-refractivity contribution in [1.29, 1.82) is 0 Å². The number of nitrogens with zero attached hydrogens (tertiary/aromatic N) is 2. The molecule has 0 radical (unpaired) electrons. The fraction of sp³-hybridized carbons (Fsp3) is 0.600. The van der Waals surface area contributed by atoms with Crippen LogP contribution in [0.3, 0.4) is 0 Å². The van der Waals surface area contributed by atoms with E-state index in [9.17, 15) is 9.90 Å². The highest BCUT2D eigenvalue weighted by Crippen LogP contribution is 2.12. The van der Waals surface area contributed by atoms with E-state index in [0.29, 0.717) is 25.2 Å². The molecule has 1 saturated heterocycles. The Bertz CT molecular complexity index is 361. The summed E-state index contributed by atoms with van der Waals surface area (Å²) in [5.74, 6) is -0.0949. The van der Waals surface area contributed by atoms with Crippen molar-refractivity contribution in [1.82, 2.24) is 15.1 Å². The minimum absolute atomic E-state index is 0.0949. The maximum absolute atomic E-state index is 11.9. The summed E-state index contributed by atoms with van der Waals surface area (Å²) in [5.41, 5.74) is 1.40. The van der Waals surface area contributed by atoms with Crippen LogP contribution < -0.4 is 0 Å². The molecule has 2 rings (SSSR count). The zero-order valence-electron chi connectivity index (χ0n) is 8.73. The predicted octanol–water partition coefficient (Wildman–Crippen LogP) is 0.179. The van der Waals surface area contributed by atoms with Crippen molar-refractivity contribution in [2.45, 2.75) is 25.9 Å². The molecule has 0 bridgehead atoms. The number of hydrogen-bond donors (Lipinski definition) is 2. The van der Waals surface area contributed by atoms with Crippen molar-refractivity contribution in [3.05, 3.63) is 17.5 Å². The molecule has 1 aromatic rings. The van der Waals surface area contributed by atoms with Gasteiger partial charge in [0.1, 0.15) is 5.69 Å². The van der Waals surface area contributed by atoms with E-state index in [-0.39, 0.29) is 12.0 Å². The molecule has 2 heterocycles. The topological polar surface area (TPSA) is 69.2 Å². The van der Waals surface area contributed by atoms with Gasteiger partial charge in [0.2, 0.25) is 0 Å². The van der Waals surface area contributed by atoms with Crippen molar-refractivity contribution < 1.29 is 9.90 Å². The molecule has 15 heavy (non-hydrogen) atoms. The summed E-state index contributed by atoms with van der Waals surface area (Å²) in [6, 6.07) is 1.77. The smallest absolute Gasteiger partial charge is 0.274 e. The molecule has 1 aromatic heterocycles. The van der Waals surface area contributed by atoms with Crippen LogP contribution in [0.25, 0.3) is 0 Å². The van der Waals surface area contributed by atoms with Crippen LogP contribution in [-0.4, -0.2) is 45.3 Å². The van der Waals surface area contributed by atoms with Gasteiger partial charge < -0.3 is 10.0 Å². The van der Waals surface area contributed by atoms with Crippen LogP contribution in [0.4, 0.5) is 0 Å². The summed E-state index contributed by atoms with van der Waals surface area (Å²) in [5, 5.41) is 16.1. The molecule has 0 saturated carbocycles. The number of hydrogen-bond acceptors (Lipinski definition) is 3. The van der Waals surface area contributed by atoms with Crippen LogP contribution >= 0.6 is 0 Å². The lowest BCUT2D eigenvalue weighted by Gasteiger charge is -2.13. The molecular weight excluding hydrogens is 194 g/mol. The van der Waals surface area contributed by atoms with Gasteiger partial charge >= 0.3 is 0 Å². The van der Waals surface area contributed by atoms with Gasteiger partial charge in [-0.2, -0.15) is 5.10 Å². The molecule has 1 fully saturated rings. The van der Waals surface area contributed by atoms with Crippen LogP contribution in [-0.2, 0) is 6.42 Å². The number of aromatic amines is 1. The number of aromatic nitrogens is 2. The lowest BCUT2D eigenvalue weighted by atomic mass is 10.3. The number of aliphatic hydroxyl groups excluding tert-OH is 1. The van der Waals surface area contributed by atoms with Gasteiger partial charge in [-0.05, 0) is 18.9 Å². The lowest BCUT2D eigenvalue weighted by Crippen LogP contribution is -2.29. The molecule has 82 valence electrons. The van der Waals surface area contributed by atoms with Gasteiger partial charge in [-0.15, -0.1) is 0 Å². The van der Waals surface area contributed by atoms with E-state index in [4.69, 9.17) is 0 Å². The first-order chi connectivity index (χ1) is 7.20. The Kier molecular flexibility index (Phi) is 2.73. The van der Waals surface area contributed by atoms with Crippen LogP contribution in [0.15, 0.2) is 6.07 Å². The molecule has 1 atom stereocenters. The Morgan fingerprint density at radius 1 is 1.80 bits per heavy atom. The number of rotatable bonds is 2. The first-order valence-electron chi connectivity index (χ1n) is 5.22. The number of aliphatic hydroxyl groups is 1. The van der Waals surface area contributed by atoms with Crippen molar-refractivity contribution in [3.8, 4) is 0 Å². The molecule has 5 heteroatoms. The van der Waals surface area contributed by atoms with Crippen LogP contribution in [0.2, 0.25) is 0 Å². The third-order valence-corrected chi connectivity index (χ3v) is 2.68. The predicted molar refractivity (Wildman–Crippen MR) is 54.5 cm³/mol. The van der Waals surface area contributed by atoms with E-state index in [2.05, 4.69) is 10.2 Å². The second kappa shape index (κ2) is 4.02. The molecule has 1 aliphatic heterocycles. The summed E-state index contributed by atoms with van der Waals surface area (Å²) in [6.45, 7) is 3.04. The number of carbonyl (C=O) groups excluding carboxylic acids is 1. The summed E-state index contributed by atoms with van der Waals surface area (Å²) in [7, 11) is 0. The minimum Gasteiger partial charge on any atom is -0.391 e. The number of carbonyl (C=O) groups is 1. The standard InChI is InChI=1S/C10H15N3O2/c1-2-7-5-9(12-11-7)10(15)13-4-3-8(14)6-13/h5,8,14H,2-4,6H2,1H3,(H,11,12)/t8-/m1/s1. The third-order valence-electron chi connectivity index (χ3n) is 2.68. The van der Waals surface area contributed by atoms with Gasteiger partial charge in [-0.3, -0.25) is 9.89 Å². The number of β-amino-alcohol motifs (C(OH)–C–C–N with tert-alkyl or cyclic N) is 1. The number of H-pyrrole nitrogens is 1. The Labute approximate surface area is 88.1 Å². The zero-order valence-corrected chi connectivity index (χ0v) is 8.73. The van der Waals surface area contributed by atoms with Crippen molar-refractivity contribution >= 4 is 5.91 Å². The number of nitrogens with one attached hydrogen (secondary N) is 1. The Hall–Kier alpha value is -1.36. The molecule has 0 aromatic carbocycles. The number of amides is 1. The Morgan fingerprint density at radius 3 is 3.13 bits per heavy atom. The highest BCUT2D eigenvalue weighted by molar-refractivity contribution is 5.92. The second-order valence-electron chi connectivity index (χ2n) is 3.83. The molecule has 2 N–H and O–H groups in total. The first kappa shape index (κ1) is 10.2. The van der Waals surface area contributed by atoms with Crippen molar-refractivity contribution in [3.63, 3.8) is 0 Å². The Balaban J connectivity index is 2.07. The summed E-state index contributed by atoms with van der Waals surface area (Å²) >= 11 is 0. The van der Waals surface area contributed by atoms with Gasteiger partial charge in [-0.25, -0.2) is 0 Å². The molecule has 0 aliphatic carbocycles. The monoisotopic (exact) mass is 209 g/mol. The molecule has 0 spiro atoms. The van der Waals surface area contributed by atoms with E-state index in [1.165, 1.54) is 0 Å². The van der Waals surface area contributed by atoms with Crippen molar-refractivity contribution in [2.75, 3.05) is 13.1 Å². The molecule has 1 amide bonds. The molecular formula is C10H15N3O2. The number of aryl methyl sites for hydroxylation is 1. The van der Waals surface area contributed by atoms with Crippen LogP contribution in [0.1, 0.15) is 29.5 Å². The minimum atomic E-state index is -0.376. The van der Waals surface area contributed by atoms with Gasteiger partial charge in [0.05, 0.1) is 6.10 Å². The fourth-order valence-corrected chi connectivity index (χ4v) is 1.74. The highest BCUT2D eigenvalue weighted by Gasteiger charge is 2.26. The van der Waals surface area contributed by atoms with Crippen LogP contribution in [0, 0.1) is 0 Å². The normalized spacial score (nSPS) is 20.9. The maximum Gasteiger partial charge on any atom is 0.274 e. The van der Waals surface area contributed by atoms with E-state index in [1.807, 2.05) is 6.92 Å². The average molecular weight is 209 g/mol. The maximum atomic E-state index is 11.9. The van der Waals surface area contributed by atoms with Crippen molar-refractivity contribution in [2.24, 2.45) is 0 Å².